The summed E-state index contributed by atoms with van der Waals surface area (Å²) in [5.41, 5.74) is 1.05. The molecule has 1 rings (SSSR count). The molecule has 0 unspecified atom stereocenters. The second kappa shape index (κ2) is 6.90. The van der Waals surface area contributed by atoms with Crippen molar-refractivity contribution in [2.75, 3.05) is 18.5 Å². The van der Waals surface area contributed by atoms with Crippen LogP contribution in [0.5, 0.6) is 5.75 Å². The predicted octanol–water partition coefficient (Wildman–Crippen LogP) is 2.31. The number of hydrogen-bond donors (Lipinski definition) is 2. The Kier molecular flexibility index (Phi) is 5.51. The molecule has 0 heterocycles. The van der Waals surface area contributed by atoms with Crippen molar-refractivity contribution in [2.24, 2.45) is 0 Å². The van der Waals surface area contributed by atoms with E-state index in [2.05, 4.69) is 10.1 Å². The van der Waals surface area contributed by atoms with Gasteiger partial charge in [-0.3, -0.25) is 4.79 Å². The number of hydrogen-bond acceptors (Lipinski definition) is 3. The number of nitrogens with one attached hydrogen (secondary N) is 1. The van der Waals surface area contributed by atoms with Crippen molar-refractivity contribution in [2.45, 2.75) is 19.8 Å². The van der Waals surface area contributed by atoms with E-state index in [1.54, 1.807) is 19.1 Å². The van der Waals surface area contributed by atoms with Crippen LogP contribution in [-0.4, -0.2) is 30.7 Å². The summed E-state index contributed by atoms with van der Waals surface area (Å²) in [6.07, 6.45) is -2.54. The molecule has 2 N–H and O–H groups in total. The zero-order valence-corrected chi connectivity index (χ0v) is 9.95. The number of phenols is 1. The van der Waals surface area contributed by atoms with Gasteiger partial charge in [-0.25, -0.2) is 8.78 Å². The lowest BCUT2D eigenvalue weighted by atomic mass is 10.2. The number of rotatable bonds is 6. The molecule has 18 heavy (non-hydrogen) atoms. The van der Waals surface area contributed by atoms with E-state index < -0.39 is 13.0 Å². The molecule has 1 amide bonds. The molecule has 0 spiro atoms. The molecule has 0 radical (unpaired) electrons. The number of carbonyl (C=O) groups is 1. The van der Waals surface area contributed by atoms with Gasteiger partial charge in [0.05, 0.1) is 13.0 Å². The van der Waals surface area contributed by atoms with Crippen LogP contribution in [0.4, 0.5) is 14.5 Å². The number of phenolic OH excluding ortho intramolecular Hbond substituents is 1. The van der Waals surface area contributed by atoms with Crippen LogP contribution in [0.15, 0.2) is 18.2 Å². The summed E-state index contributed by atoms with van der Waals surface area (Å²) in [5, 5.41) is 12.0. The Bertz CT molecular complexity index is 410. The normalized spacial score (nSPS) is 10.7. The van der Waals surface area contributed by atoms with Gasteiger partial charge in [0.1, 0.15) is 12.4 Å². The molecule has 0 aromatic heterocycles. The van der Waals surface area contributed by atoms with Crippen molar-refractivity contribution in [3.05, 3.63) is 23.8 Å². The highest BCUT2D eigenvalue weighted by molar-refractivity contribution is 5.91. The molecule has 0 saturated heterocycles. The molecule has 0 saturated carbocycles. The molecule has 1 aromatic carbocycles. The van der Waals surface area contributed by atoms with Crippen molar-refractivity contribution in [1.29, 1.82) is 0 Å². The van der Waals surface area contributed by atoms with E-state index >= 15 is 0 Å². The van der Waals surface area contributed by atoms with Gasteiger partial charge in [0.15, 0.2) is 0 Å². The first-order valence-corrected chi connectivity index (χ1v) is 5.45. The Morgan fingerprint density at radius 3 is 2.89 bits per heavy atom. The Morgan fingerprint density at radius 1 is 1.50 bits per heavy atom. The van der Waals surface area contributed by atoms with Crippen molar-refractivity contribution in [1.82, 2.24) is 0 Å². The van der Waals surface area contributed by atoms with Crippen LogP contribution < -0.4 is 5.32 Å². The zero-order valence-electron chi connectivity index (χ0n) is 9.95. The summed E-state index contributed by atoms with van der Waals surface area (Å²) in [5.74, 6) is -0.264. The highest BCUT2D eigenvalue weighted by atomic mass is 19.3. The van der Waals surface area contributed by atoms with Crippen LogP contribution in [0.2, 0.25) is 0 Å². The van der Waals surface area contributed by atoms with Crippen LogP contribution in [-0.2, 0) is 9.53 Å². The average molecular weight is 259 g/mol. The van der Waals surface area contributed by atoms with E-state index in [4.69, 9.17) is 0 Å². The van der Waals surface area contributed by atoms with Gasteiger partial charge in [-0.05, 0) is 19.1 Å². The molecule has 0 bridgehead atoms. The minimum atomic E-state index is -2.53. The molecular formula is C12H15F2NO3. The lowest BCUT2D eigenvalue weighted by molar-refractivity contribution is -0.117. The summed E-state index contributed by atoms with van der Waals surface area (Å²) in [4.78, 5) is 11.5. The van der Waals surface area contributed by atoms with Crippen LogP contribution in [0, 0.1) is 6.92 Å². The second-order valence-corrected chi connectivity index (χ2v) is 3.71. The van der Waals surface area contributed by atoms with Crippen LogP contribution >= 0.6 is 0 Å². The third kappa shape index (κ3) is 4.67. The fourth-order valence-electron chi connectivity index (χ4n) is 1.31. The lowest BCUT2D eigenvalue weighted by Crippen LogP contribution is -2.16. The summed E-state index contributed by atoms with van der Waals surface area (Å²) < 4.78 is 28.1. The average Bonchev–Trinajstić information content (AvgIpc) is 2.30. The number of aromatic hydroxyl groups is 1. The highest BCUT2D eigenvalue weighted by Crippen LogP contribution is 2.23. The molecule has 100 valence electrons. The number of anilines is 1. The Balaban J connectivity index is 2.38. The van der Waals surface area contributed by atoms with Crippen molar-refractivity contribution in [3.8, 4) is 5.75 Å². The fourth-order valence-corrected chi connectivity index (χ4v) is 1.31. The molecular weight excluding hydrogens is 244 g/mol. The number of amides is 1. The van der Waals surface area contributed by atoms with Gasteiger partial charge in [0, 0.05) is 11.3 Å². The van der Waals surface area contributed by atoms with Gasteiger partial charge in [0.25, 0.3) is 6.43 Å². The van der Waals surface area contributed by atoms with E-state index in [0.717, 1.165) is 0 Å². The third-order valence-corrected chi connectivity index (χ3v) is 2.30. The zero-order chi connectivity index (χ0) is 13.5. The van der Waals surface area contributed by atoms with E-state index in [9.17, 15) is 18.7 Å². The maximum atomic E-state index is 11.8. The number of carbonyl (C=O) groups excluding carboxylic acids is 1. The smallest absolute Gasteiger partial charge is 0.261 e. The first kappa shape index (κ1) is 14.4. The SMILES string of the molecule is Cc1c(O)cccc1NC(=O)CCOCC(F)F. The van der Waals surface area contributed by atoms with Crippen molar-refractivity contribution in [3.63, 3.8) is 0 Å². The Morgan fingerprint density at radius 2 is 2.22 bits per heavy atom. The molecule has 0 aliphatic carbocycles. The Labute approximate surface area is 104 Å². The van der Waals surface area contributed by atoms with E-state index in [1.807, 2.05) is 0 Å². The van der Waals surface area contributed by atoms with Gasteiger partial charge in [-0.2, -0.15) is 0 Å². The molecule has 6 heteroatoms. The Hall–Kier alpha value is -1.69. The maximum Gasteiger partial charge on any atom is 0.261 e. The summed E-state index contributed by atoms with van der Waals surface area (Å²) in [6.45, 7) is 0.935. The first-order valence-electron chi connectivity index (χ1n) is 5.45. The minimum Gasteiger partial charge on any atom is -0.508 e. The molecule has 0 aliphatic heterocycles. The molecule has 0 fully saturated rings. The van der Waals surface area contributed by atoms with Crippen molar-refractivity contribution < 1.29 is 23.4 Å². The first-order chi connectivity index (χ1) is 8.50. The second-order valence-electron chi connectivity index (χ2n) is 3.71. The van der Waals surface area contributed by atoms with Gasteiger partial charge in [-0.1, -0.05) is 6.07 Å². The summed E-state index contributed by atoms with van der Waals surface area (Å²) >= 11 is 0. The molecule has 1 aromatic rings. The number of halogens is 2. The summed E-state index contributed by atoms with van der Waals surface area (Å²) in [6, 6.07) is 4.76. The van der Waals surface area contributed by atoms with Gasteiger partial charge < -0.3 is 15.2 Å². The van der Waals surface area contributed by atoms with Gasteiger partial charge >= 0.3 is 0 Å². The monoisotopic (exact) mass is 259 g/mol. The number of benzene rings is 1. The number of ether oxygens (including phenoxy) is 1. The topological polar surface area (TPSA) is 58.6 Å². The largest absolute Gasteiger partial charge is 0.508 e. The van der Waals surface area contributed by atoms with E-state index in [0.29, 0.717) is 11.3 Å². The van der Waals surface area contributed by atoms with Gasteiger partial charge in [0.2, 0.25) is 5.91 Å². The molecule has 4 nitrogen and oxygen atoms in total. The van der Waals surface area contributed by atoms with E-state index in [-0.39, 0.29) is 24.7 Å². The molecule has 0 aliphatic rings. The van der Waals surface area contributed by atoms with Crippen LogP contribution in [0.3, 0.4) is 0 Å². The van der Waals surface area contributed by atoms with E-state index in [1.165, 1.54) is 6.07 Å². The predicted molar refractivity (Wildman–Crippen MR) is 62.9 cm³/mol. The summed E-state index contributed by atoms with van der Waals surface area (Å²) in [7, 11) is 0. The van der Waals surface area contributed by atoms with Crippen LogP contribution in [0.1, 0.15) is 12.0 Å². The van der Waals surface area contributed by atoms with Gasteiger partial charge in [-0.15, -0.1) is 0 Å². The standard InChI is InChI=1S/C12H15F2NO3/c1-8-9(3-2-4-10(8)16)15-12(17)5-6-18-7-11(13)14/h2-4,11,16H,5-7H2,1H3,(H,15,17). The van der Waals surface area contributed by atoms with Crippen LogP contribution in [0.25, 0.3) is 0 Å². The minimum absolute atomic E-state index is 0.0121. The quantitative estimate of drug-likeness (QED) is 0.771. The third-order valence-electron chi connectivity index (χ3n) is 2.30. The highest BCUT2D eigenvalue weighted by Gasteiger charge is 2.08. The number of alkyl halides is 2. The molecule has 0 atom stereocenters. The lowest BCUT2D eigenvalue weighted by Gasteiger charge is -2.09. The fraction of sp³-hybridized carbons (Fsp3) is 0.417. The van der Waals surface area contributed by atoms with Crippen molar-refractivity contribution >= 4 is 11.6 Å². The maximum absolute atomic E-state index is 11.8.